The van der Waals surface area contributed by atoms with E-state index < -0.39 is 5.97 Å². The second kappa shape index (κ2) is 13.1. The van der Waals surface area contributed by atoms with Crippen molar-refractivity contribution in [2.75, 3.05) is 0 Å². The molecule has 1 aromatic heterocycles. The van der Waals surface area contributed by atoms with Crippen molar-refractivity contribution in [3.8, 4) is 0 Å². The predicted molar refractivity (Wildman–Crippen MR) is 36.3 cm³/mol. The Morgan fingerprint density at radius 3 is 1.42 bits per heavy atom. The monoisotopic (exact) mass is 180 g/mol. The van der Waals surface area contributed by atoms with Crippen LogP contribution >= 0.6 is 0 Å². The molecule has 0 aliphatic rings. The number of hydrogen-bond donors (Lipinski definition) is 0. The van der Waals surface area contributed by atoms with E-state index >= 15 is 0 Å². The molecule has 1 rings (SSSR count). The van der Waals surface area contributed by atoms with Gasteiger partial charge >= 0.3 is 29.6 Å². The number of rotatable bonds is 0. The van der Waals surface area contributed by atoms with Crippen LogP contribution in [0, 0.1) is 0 Å². The number of aliphatic carboxylic acids is 1. The van der Waals surface area contributed by atoms with Gasteiger partial charge in [0.2, 0.25) is 0 Å². The van der Waals surface area contributed by atoms with Crippen LogP contribution in [-0.2, 0) is 4.79 Å². The summed E-state index contributed by atoms with van der Waals surface area (Å²) < 4.78 is 0. The maximum atomic E-state index is 8.89. The van der Waals surface area contributed by atoms with Crippen molar-refractivity contribution in [2.24, 2.45) is 0 Å². The average molecular weight is 180 g/mol. The van der Waals surface area contributed by atoms with Gasteiger partial charge in [0.1, 0.15) is 0 Å². The van der Waals surface area contributed by atoms with Gasteiger partial charge in [0.25, 0.3) is 0 Å². The molecule has 0 atom stereocenters. The van der Waals surface area contributed by atoms with Gasteiger partial charge in [-0.15, -0.1) is 0 Å². The molecular formula is C6H9N2NaO3. The van der Waals surface area contributed by atoms with E-state index in [0.717, 1.165) is 6.92 Å². The number of hydrogen-bond acceptors (Lipinski definition) is 4. The number of carbonyl (C=O) groups is 1. The first-order valence-corrected chi connectivity index (χ1v) is 2.61. The van der Waals surface area contributed by atoms with Crippen molar-refractivity contribution < 1.29 is 44.9 Å². The molecule has 0 unspecified atom stereocenters. The molecule has 0 amide bonds. The van der Waals surface area contributed by atoms with Crippen LogP contribution in [-0.4, -0.2) is 21.4 Å². The summed E-state index contributed by atoms with van der Waals surface area (Å²) in [4.78, 5) is 16.3. The van der Waals surface area contributed by atoms with Gasteiger partial charge in [0.15, 0.2) is 0 Å². The van der Waals surface area contributed by atoms with Gasteiger partial charge in [-0.3, -0.25) is 9.97 Å². The van der Waals surface area contributed by atoms with Crippen molar-refractivity contribution in [1.29, 1.82) is 0 Å². The summed E-state index contributed by atoms with van der Waals surface area (Å²) in [5.41, 5.74) is 0. The van der Waals surface area contributed by atoms with Crippen molar-refractivity contribution in [3.63, 3.8) is 0 Å². The topological polar surface area (TPSA) is 97.4 Å². The summed E-state index contributed by atoms with van der Waals surface area (Å²) >= 11 is 0. The molecule has 0 spiro atoms. The van der Waals surface area contributed by atoms with Crippen LogP contribution in [0.5, 0.6) is 0 Å². The molecule has 1 aromatic rings. The third-order valence-corrected chi connectivity index (χ3v) is 0.478. The van der Waals surface area contributed by atoms with E-state index in [0.29, 0.717) is 0 Å². The fraction of sp³-hybridized carbons (Fsp3) is 0.167. The van der Waals surface area contributed by atoms with E-state index in [2.05, 4.69) is 9.97 Å². The molecular weight excluding hydrogens is 171 g/mol. The molecule has 0 fully saturated rings. The zero-order valence-corrected chi connectivity index (χ0v) is 9.02. The van der Waals surface area contributed by atoms with Gasteiger partial charge in [-0.1, -0.05) is 0 Å². The molecule has 0 saturated carbocycles. The third-order valence-electron chi connectivity index (χ3n) is 0.478. The number of aromatic nitrogens is 2. The first-order valence-electron chi connectivity index (χ1n) is 2.61. The SMILES string of the molecule is CC(=O)[O-].O.[Na+].c1cnccn1. The van der Waals surface area contributed by atoms with Crippen LogP contribution in [0.1, 0.15) is 6.92 Å². The molecule has 62 valence electrons. The minimum Gasteiger partial charge on any atom is -0.550 e. The van der Waals surface area contributed by atoms with E-state index in [4.69, 9.17) is 9.90 Å². The van der Waals surface area contributed by atoms with Crippen LogP contribution in [0.4, 0.5) is 0 Å². The Balaban J connectivity index is -0.000000124. The van der Waals surface area contributed by atoms with Gasteiger partial charge in [-0.25, -0.2) is 0 Å². The largest absolute Gasteiger partial charge is 1.00 e. The van der Waals surface area contributed by atoms with Crippen molar-refractivity contribution >= 4 is 5.97 Å². The maximum absolute atomic E-state index is 8.89. The molecule has 0 aromatic carbocycles. The minimum absolute atomic E-state index is 0. The normalized spacial score (nSPS) is 6.08. The summed E-state index contributed by atoms with van der Waals surface area (Å²) in [5, 5.41) is 8.89. The Labute approximate surface area is 92.5 Å². The molecule has 0 saturated heterocycles. The van der Waals surface area contributed by atoms with E-state index in [-0.39, 0.29) is 35.0 Å². The Bertz CT molecular complexity index is 153. The molecule has 6 heteroatoms. The molecule has 12 heavy (non-hydrogen) atoms. The van der Waals surface area contributed by atoms with Gasteiger partial charge in [-0.05, 0) is 6.92 Å². The van der Waals surface area contributed by atoms with E-state index in [9.17, 15) is 0 Å². The molecule has 2 N–H and O–H groups in total. The average Bonchev–Trinajstić information content (AvgIpc) is 1.90. The first-order chi connectivity index (χ1) is 4.73. The van der Waals surface area contributed by atoms with Crippen LogP contribution < -0.4 is 34.7 Å². The standard InChI is InChI=1S/C4H4N2.C2H4O2.Na.H2O/c1-2-6-4-3-5-1;1-2(3)4;;/h1-4H;1H3,(H,3,4);;1H2/q;;+1;/p-1. The number of carboxylic acids is 1. The Kier molecular flexibility index (Phi) is 19.2. The summed E-state index contributed by atoms with van der Waals surface area (Å²) in [7, 11) is 0. The molecule has 1 heterocycles. The number of carbonyl (C=O) groups excluding carboxylic acids is 1. The van der Waals surface area contributed by atoms with Gasteiger partial charge < -0.3 is 15.4 Å². The quantitative estimate of drug-likeness (QED) is 0.375. The Morgan fingerprint density at radius 1 is 1.17 bits per heavy atom. The molecule has 0 aliphatic heterocycles. The molecule has 5 nitrogen and oxygen atoms in total. The van der Waals surface area contributed by atoms with Crippen molar-refractivity contribution in [2.45, 2.75) is 6.92 Å². The maximum Gasteiger partial charge on any atom is 1.00 e. The summed E-state index contributed by atoms with van der Waals surface area (Å²) in [6, 6.07) is 0. The Morgan fingerprint density at radius 2 is 1.33 bits per heavy atom. The zero-order chi connectivity index (χ0) is 7.82. The van der Waals surface area contributed by atoms with Crippen molar-refractivity contribution in [3.05, 3.63) is 24.8 Å². The third kappa shape index (κ3) is 22.7. The van der Waals surface area contributed by atoms with Crippen LogP contribution in [0.2, 0.25) is 0 Å². The Hall–Kier alpha value is -0.490. The minimum atomic E-state index is -1.08. The van der Waals surface area contributed by atoms with Crippen LogP contribution in [0.25, 0.3) is 0 Å². The zero-order valence-electron chi connectivity index (χ0n) is 7.02. The van der Waals surface area contributed by atoms with Gasteiger partial charge in [0, 0.05) is 30.8 Å². The summed E-state index contributed by atoms with van der Waals surface area (Å²) in [6.07, 6.45) is 6.56. The second-order valence-electron chi connectivity index (χ2n) is 1.39. The molecule has 0 bridgehead atoms. The summed E-state index contributed by atoms with van der Waals surface area (Å²) in [6.45, 7) is 0.972. The van der Waals surface area contributed by atoms with Crippen LogP contribution in [0.3, 0.4) is 0 Å². The first kappa shape index (κ1) is 17.6. The van der Waals surface area contributed by atoms with Crippen LogP contribution in [0.15, 0.2) is 24.8 Å². The predicted octanol–water partition coefficient (Wildman–Crippen LogP) is -4.59. The van der Waals surface area contributed by atoms with Gasteiger partial charge in [0.05, 0.1) is 0 Å². The molecule has 0 radical (unpaired) electrons. The number of nitrogens with zero attached hydrogens (tertiary/aromatic N) is 2. The second-order valence-corrected chi connectivity index (χ2v) is 1.39. The van der Waals surface area contributed by atoms with E-state index in [1.165, 1.54) is 0 Å². The fourth-order valence-electron chi connectivity index (χ4n) is 0.253. The number of carboxylic acid groups (broad SMARTS) is 1. The van der Waals surface area contributed by atoms with E-state index in [1.54, 1.807) is 24.8 Å². The molecule has 0 aliphatic carbocycles. The smallest absolute Gasteiger partial charge is 0.550 e. The fourth-order valence-corrected chi connectivity index (χ4v) is 0.253. The van der Waals surface area contributed by atoms with Crippen molar-refractivity contribution in [1.82, 2.24) is 9.97 Å². The van der Waals surface area contributed by atoms with Gasteiger partial charge in [-0.2, -0.15) is 0 Å². The summed E-state index contributed by atoms with van der Waals surface area (Å²) in [5.74, 6) is -1.08. The van der Waals surface area contributed by atoms with E-state index in [1.807, 2.05) is 0 Å².